The highest BCUT2D eigenvalue weighted by molar-refractivity contribution is 7.10. The standard InChI is InChI=1S/C9H12.2C8H11N.C7H10N2.C7H11N.C7H10O.C7H10S.C6H10N2.C6H9NO.C6H9NS/c1-8(2)9-6-4-3-5-7-9;1-7(2)8-4-3-5-9-6-8;1-7(2)8-5-3-4-6-9-8;1-6(2)7-8-4-3-5-9-7;3*1-6(2)7-4-3-5-8-7;1-5(2)6-3-4-7-8-6;2*1-5(2)6-7-3-4-8-6/h3-8H,1-2H3;2*3-7H,1-2H3;3-6H,1-2H3;3-6,8H,1-2H3;2*3-6H,1-2H3;3-5H,1-2H3,(H,7,8);2*3-5H,1-2H3. The third kappa shape index (κ3) is 35.8. The lowest BCUT2D eigenvalue weighted by atomic mass is 10.0. The quantitative estimate of drug-likeness (QED) is 0.137. The molecule has 0 atom stereocenters. The Morgan fingerprint density at radius 3 is 1.32 bits per heavy atom. The molecule has 1 aromatic carbocycles. The van der Waals surface area contributed by atoms with Gasteiger partial charge < -0.3 is 13.8 Å². The molecule has 2 N–H and O–H groups in total. The molecule has 13 heteroatoms. The van der Waals surface area contributed by atoms with Gasteiger partial charge in [0, 0.05) is 101 Å². The zero-order valence-corrected chi connectivity index (χ0v) is 56.1. The molecule has 0 bridgehead atoms. The lowest BCUT2D eigenvalue weighted by Crippen LogP contribution is -1.93. The van der Waals surface area contributed by atoms with Crippen LogP contribution in [0, 0.1) is 0 Å². The first-order valence-corrected chi connectivity index (χ1v) is 31.4. The summed E-state index contributed by atoms with van der Waals surface area (Å²) in [5.74, 6) is 8.44. The van der Waals surface area contributed by atoms with E-state index in [4.69, 9.17) is 8.83 Å². The van der Waals surface area contributed by atoms with Gasteiger partial charge in [-0.05, 0) is 113 Å². The molecule has 0 unspecified atom stereocenters. The minimum absolute atomic E-state index is 0.407. The van der Waals surface area contributed by atoms with Gasteiger partial charge in [-0.2, -0.15) is 5.10 Å². The van der Waals surface area contributed by atoms with E-state index in [0.29, 0.717) is 59.2 Å². The van der Waals surface area contributed by atoms with Gasteiger partial charge >= 0.3 is 0 Å². The molecule has 84 heavy (non-hydrogen) atoms. The minimum atomic E-state index is 0.407. The summed E-state index contributed by atoms with van der Waals surface area (Å²) in [6.45, 7) is 42.8. The van der Waals surface area contributed by atoms with Crippen molar-refractivity contribution < 1.29 is 8.83 Å². The third-order valence-corrected chi connectivity index (χ3v) is 14.0. The van der Waals surface area contributed by atoms with Crippen molar-refractivity contribution in [2.45, 2.75) is 198 Å². The number of aromatic amines is 2. The van der Waals surface area contributed by atoms with Gasteiger partial charge in [-0.25, -0.2) is 19.9 Å². The predicted octanol–water partition coefficient (Wildman–Crippen LogP) is 21.8. The first-order valence-electron chi connectivity index (χ1n) is 29.7. The zero-order chi connectivity index (χ0) is 62.7. The third-order valence-electron chi connectivity index (χ3n) is 11.7. The second-order valence-corrected chi connectivity index (χ2v) is 24.4. The molecule has 0 amide bonds. The van der Waals surface area contributed by atoms with Gasteiger partial charge in [0.05, 0.1) is 17.5 Å². The molecule has 0 radical (unpaired) electrons. The van der Waals surface area contributed by atoms with Crippen molar-refractivity contribution in [3.63, 3.8) is 0 Å². The Hall–Kier alpha value is -7.09. The SMILES string of the molecule is CC(C)c1ccc[nH]1.CC(C)c1ccccc1.CC(C)c1ccccn1.CC(C)c1cccnc1.CC(C)c1ccco1.CC(C)c1cccs1.CC(C)c1ccn[nH]1.CC(C)c1ncccn1.CC(C)c1ncco1.CC(C)c1nccs1. The minimum Gasteiger partial charge on any atom is -0.469 e. The van der Waals surface area contributed by atoms with Crippen LogP contribution in [0.3, 0.4) is 0 Å². The molecule has 0 spiro atoms. The van der Waals surface area contributed by atoms with Gasteiger partial charge in [0.2, 0.25) is 0 Å². The van der Waals surface area contributed by atoms with Crippen molar-refractivity contribution in [1.82, 2.24) is 45.1 Å². The van der Waals surface area contributed by atoms with Gasteiger partial charge in [-0.15, -0.1) is 22.7 Å². The van der Waals surface area contributed by atoms with Crippen molar-refractivity contribution in [3.8, 4) is 0 Å². The second kappa shape index (κ2) is 45.4. The van der Waals surface area contributed by atoms with E-state index in [1.807, 2.05) is 116 Å². The van der Waals surface area contributed by atoms with Crippen molar-refractivity contribution in [2.75, 3.05) is 0 Å². The highest BCUT2D eigenvalue weighted by Crippen LogP contribution is 2.20. The molecule has 10 aromatic rings. The molecule has 9 heterocycles. The number of furan rings is 1. The fourth-order valence-corrected chi connectivity index (χ4v) is 7.85. The van der Waals surface area contributed by atoms with Crippen LogP contribution in [0.2, 0.25) is 0 Å². The Kier molecular flexibility index (Phi) is 40.5. The molecule has 9 aromatic heterocycles. The summed E-state index contributed by atoms with van der Waals surface area (Å²) < 4.78 is 10.1. The smallest absolute Gasteiger partial charge is 0.196 e. The van der Waals surface area contributed by atoms with E-state index in [1.165, 1.54) is 32.4 Å². The van der Waals surface area contributed by atoms with Crippen LogP contribution in [-0.4, -0.2) is 45.1 Å². The van der Waals surface area contributed by atoms with Crippen LogP contribution >= 0.6 is 22.7 Å². The van der Waals surface area contributed by atoms with Crippen LogP contribution in [0.4, 0.5) is 0 Å². The van der Waals surface area contributed by atoms with Gasteiger partial charge in [0.1, 0.15) is 17.8 Å². The van der Waals surface area contributed by atoms with Crippen molar-refractivity contribution in [3.05, 3.63) is 244 Å². The average molecular weight is 1180 g/mol. The topological polar surface area (TPSA) is 148 Å². The monoisotopic (exact) mass is 1180 g/mol. The van der Waals surface area contributed by atoms with E-state index in [0.717, 1.165) is 23.2 Å². The van der Waals surface area contributed by atoms with Crippen LogP contribution < -0.4 is 0 Å². The zero-order valence-electron chi connectivity index (χ0n) is 54.4. The number of aromatic nitrogens is 9. The molecule has 0 aliphatic carbocycles. The van der Waals surface area contributed by atoms with Crippen LogP contribution in [-0.2, 0) is 0 Å². The summed E-state index contributed by atoms with van der Waals surface area (Å²) in [6.07, 6.45) is 19.6. The van der Waals surface area contributed by atoms with Gasteiger partial charge in [-0.3, -0.25) is 15.1 Å². The molecular weight excluding hydrogens is 1070 g/mol. The Labute approximate surface area is 515 Å². The lowest BCUT2D eigenvalue weighted by molar-refractivity contribution is 0.471. The number of H-pyrrole nitrogens is 2. The maximum absolute atomic E-state index is 5.09. The van der Waals surface area contributed by atoms with E-state index in [-0.39, 0.29) is 0 Å². The summed E-state index contributed by atoms with van der Waals surface area (Å²) in [5, 5.41) is 12.1. The van der Waals surface area contributed by atoms with Crippen molar-refractivity contribution in [2.24, 2.45) is 0 Å². The molecule has 0 aliphatic rings. The van der Waals surface area contributed by atoms with Crippen LogP contribution in [0.25, 0.3) is 0 Å². The van der Waals surface area contributed by atoms with Crippen LogP contribution in [0.1, 0.15) is 253 Å². The van der Waals surface area contributed by atoms with Gasteiger partial charge in [0.25, 0.3) is 0 Å². The molecular formula is C71H103N9O2S2. The van der Waals surface area contributed by atoms with Crippen molar-refractivity contribution >= 4 is 22.7 Å². The van der Waals surface area contributed by atoms with E-state index in [1.54, 1.807) is 54.8 Å². The number of pyridine rings is 2. The van der Waals surface area contributed by atoms with E-state index < -0.39 is 0 Å². The Bertz CT molecular complexity index is 2400. The second-order valence-electron chi connectivity index (χ2n) is 22.5. The highest BCUT2D eigenvalue weighted by Gasteiger charge is 2.03. The first-order chi connectivity index (χ1) is 40.0. The number of oxazole rings is 1. The molecule has 11 nitrogen and oxygen atoms in total. The largest absolute Gasteiger partial charge is 0.469 e. The van der Waals surface area contributed by atoms with E-state index in [9.17, 15) is 0 Å². The number of thiophene rings is 1. The molecule has 0 fully saturated rings. The molecule has 0 saturated carbocycles. The number of rotatable bonds is 10. The van der Waals surface area contributed by atoms with Crippen LogP contribution in [0.15, 0.2) is 197 Å². The first kappa shape index (κ1) is 74.9. The number of hydrogen-bond donors (Lipinski definition) is 2. The molecule has 10 rings (SSSR count). The Balaban J connectivity index is 0.000000467. The summed E-state index contributed by atoms with van der Waals surface area (Å²) in [5.41, 5.74) is 6.39. The number of benzene rings is 1. The summed E-state index contributed by atoms with van der Waals surface area (Å²) >= 11 is 3.55. The molecule has 456 valence electrons. The molecule has 0 saturated heterocycles. The maximum Gasteiger partial charge on any atom is 0.196 e. The Morgan fingerprint density at radius 1 is 0.381 bits per heavy atom. The van der Waals surface area contributed by atoms with Gasteiger partial charge in [0.15, 0.2) is 5.89 Å². The summed E-state index contributed by atoms with van der Waals surface area (Å²) in [6, 6.07) is 36.7. The summed E-state index contributed by atoms with van der Waals surface area (Å²) in [4.78, 5) is 29.0. The number of nitrogens with zero attached hydrogens (tertiary/aromatic N) is 7. The number of hydrogen-bond acceptors (Lipinski definition) is 11. The maximum atomic E-state index is 5.09. The fourth-order valence-electron chi connectivity index (χ4n) is 6.45. The number of thiazole rings is 1. The van der Waals surface area contributed by atoms with Gasteiger partial charge in [-0.1, -0.05) is 187 Å². The number of nitrogens with one attached hydrogen (secondary N) is 2. The lowest BCUT2D eigenvalue weighted by Gasteiger charge is -2.01. The molecule has 0 aliphatic heterocycles. The average Bonchev–Trinajstić information content (AvgIpc) is 4.35. The summed E-state index contributed by atoms with van der Waals surface area (Å²) in [7, 11) is 0. The van der Waals surface area contributed by atoms with Crippen molar-refractivity contribution in [1.29, 1.82) is 0 Å². The Morgan fingerprint density at radius 2 is 1.04 bits per heavy atom. The predicted molar refractivity (Wildman–Crippen MR) is 359 cm³/mol. The van der Waals surface area contributed by atoms with E-state index >= 15 is 0 Å². The normalized spacial score (nSPS) is 10.3. The fraction of sp³-hybridized carbons (Fsp3) is 0.423. The van der Waals surface area contributed by atoms with Crippen LogP contribution in [0.5, 0.6) is 0 Å². The van der Waals surface area contributed by atoms with E-state index in [2.05, 4.69) is 224 Å². The highest BCUT2D eigenvalue weighted by atomic mass is 32.1.